The first-order valence-corrected chi connectivity index (χ1v) is 48.0. The number of carbonyl (C=O) groups excluding carboxylic acids is 8. The van der Waals surface area contributed by atoms with Gasteiger partial charge in [-0.3, -0.25) is 75.9 Å². The Morgan fingerprint density at radius 1 is 0.354 bits per heavy atom. The van der Waals surface area contributed by atoms with Crippen molar-refractivity contribution < 1.29 is 38.4 Å². The number of nitrogen functional groups attached to an aromatic ring is 4. The van der Waals surface area contributed by atoms with E-state index in [4.69, 9.17) is 42.9 Å². The number of hydrogen-bond donors (Lipinski definition) is 4. The molecule has 4 amide bonds. The van der Waals surface area contributed by atoms with Gasteiger partial charge >= 0.3 is 0 Å². The molecule has 4 saturated heterocycles. The number of rotatable bonds is 22. The Labute approximate surface area is 828 Å². The first-order chi connectivity index (χ1) is 70.0. The van der Waals surface area contributed by atoms with E-state index in [1.807, 2.05) is 208 Å². The third kappa shape index (κ3) is 16.5. The Hall–Kier alpha value is -17.7. The number of pyridine rings is 4. The normalized spacial score (nSPS) is 20.3. The number of nitrogens with zero attached hydrogens (tertiary/aromatic N) is 20. The van der Waals surface area contributed by atoms with Crippen LogP contribution in [-0.4, -0.2) is 183 Å². The van der Waals surface area contributed by atoms with Crippen molar-refractivity contribution in [1.82, 2.24) is 97.0 Å². The average molecular weight is 1910 g/mol. The molecule has 4 aliphatic carbocycles. The molecule has 716 valence electrons. The highest BCUT2D eigenvalue weighted by Gasteiger charge is 2.68. The van der Waals surface area contributed by atoms with E-state index in [1.54, 1.807) is 87.7 Å². The molecular formula is C112H100N24O8. The fraction of sp³-hybridized carbons (Fsp3) is 0.250. The van der Waals surface area contributed by atoms with Gasteiger partial charge in [-0.25, -0.2) is 39.9 Å². The van der Waals surface area contributed by atoms with Crippen LogP contribution >= 0.6 is 0 Å². The maximum absolute atomic E-state index is 12.8. The minimum Gasteiger partial charge on any atom is -0.382 e. The number of imidazole rings is 4. The molecule has 0 radical (unpaired) electrons. The monoisotopic (exact) mass is 1910 g/mol. The lowest BCUT2D eigenvalue weighted by atomic mass is 9.61. The lowest BCUT2D eigenvalue weighted by Gasteiger charge is -2.42. The SMILES string of the molecule is C=CC(=O)N1CC2CCC2(c2nc(-c3ccc(C(=O)Cc4ccccn4)cc3)c3c(N)nccn23)C1.C=CC(=O)N1CCC2CC21c1nc(-c2ccc(C(=O)Cc3ccccn3)cc2)c2c(N)nccn12.CC#CC(=O)N1CC2CCC2(c2nc(-c3ccc(C(=O)Cc4ccccn4)cc3)c3c(N)nccn23)C1.CC#CC(=O)N1CCC2CC21c1nc(-c2ccc(C(=O)Cc3ccccn3)cc2)c2c(N)nccn12. The number of anilines is 4. The number of hydrogen-bond acceptors (Lipinski definition) is 24. The molecule has 24 rings (SSSR count). The summed E-state index contributed by atoms with van der Waals surface area (Å²) >= 11 is 0. The van der Waals surface area contributed by atoms with E-state index in [9.17, 15) is 38.4 Å². The van der Waals surface area contributed by atoms with Crippen LogP contribution in [-0.2, 0) is 66.8 Å². The molecule has 4 aromatic carbocycles. The molecule has 8 aliphatic rings. The van der Waals surface area contributed by atoms with Crippen molar-refractivity contribution in [2.75, 3.05) is 62.2 Å². The molecule has 32 heteroatoms. The Kier molecular flexibility index (Phi) is 24.3. The molecule has 8 atom stereocenters. The number of piperidine rings is 2. The summed E-state index contributed by atoms with van der Waals surface area (Å²) in [6.07, 6.45) is 32.2. The maximum Gasteiger partial charge on any atom is 0.299 e. The zero-order chi connectivity index (χ0) is 99.5. The van der Waals surface area contributed by atoms with Crippen LogP contribution in [0.5, 0.6) is 0 Å². The maximum atomic E-state index is 12.8. The van der Waals surface area contributed by atoms with Gasteiger partial charge in [-0.1, -0.05) is 146 Å². The summed E-state index contributed by atoms with van der Waals surface area (Å²) in [4.78, 5) is 164. The van der Waals surface area contributed by atoms with Gasteiger partial charge in [0.1, 0.15) is 102 Å². The predicted octanol–water partition coefficient (Wildman–Crippen LogP) is 13.5. The molecule has 16 aromatic rings. The largest absolute Gasteiger partial charge is 0.382 e. The van der Waals surface area contributed by atoms with E-state index in [0.717, 1.165) is 142 Å². The zero-order valence-corrected chi connectivity index (χ0v) is 79.2. The van der Waals surface area contributed by atoms with E-state index >= 15 is 0 Å². The molecule has 0 spiro atoms. The third-order valence-electron chi connectivity index (χ3n) is 29.9. The molecule has 32 nitrogen and oxygen atoms in total. The second-order valence-corrected chi connectivity index (χ2v) is 37.8. The predicted molar refractivity (Wildman–Crippen MR) is 542 cm³/mol. The Bertz CT molecular complexity index is 7990. The van der Waals surface area contributed by atoms with Crippen LogP contribution in [0.1, 0.15) is 153 Å². The van der Waals surface area contributed by atoms with Gasteiger partial charge in [0.2, 0.25) is 11.8 Å². The Balaban J connectivity index is 0.000000113. The van der Waals surface area contributed by atoms with Crippen LogP contribution < -0.4 is 22.9 Å². The highest BCUT2D eigenvalue weighted by molar-refractivity contribution is 6.02. The molecule has 4 saturated carbocycles. The topological polar surface area (TPSA) is 426 Å². The number of nitrogens with two attached hydrogens (primary N) is 4. The quantitative estimate of drug-likeness (QED) is 0.0278. The standard InChI is InChI=1S/C29H26N6O2.C28H26N6O2.C28H24N6O2.C27H24N6O2/c1-2-5-24(37)34-17-21-11-12-29(21,18-34)28-33-25(26-27(30)32-14-15-35(26)28)20-9-7-19(8-10-20)23(36)16-22-6-3-4-13-31-22;1-2-23(36)33-16-20-10-11-28(20,17-33)27-32-24(25-26(29)31-13-14-34(25)27)19-8-6-18(7-9-19)22(35)15-21-5-3-4-12-30-21;1-2-5-23(36)34-14-11-20-17-28(20,34)27-32-24(25-26(29)31-13-15-33(25)27)19-9-7-18(8-10-19)22(35)16-21-6-3-4-12-30-21;1-2-22(35)33-13-10-19-16-27(19,33)26-31-23(24-25(28)30-12-14-32(24)26)18-8-6-17(7-9-18)21(34)15-20-5-3-4-11-29-20/h3-4,6-10,13-15,21H,11-12,16-18H2,1H3,(H2,30,32);2-9,12-14,20H,1,10-11,15-17H2,(H2,29,31);3-4,6-10,12-13,15,20H,11,14,16-17H2,1H3,(H2,29,31);2-9,11-12,14,19H,1,10,13,15-16H2,(H2,28,30). The molecule has 8 N–H and O–H groups in total. The van der Waals surface area contributed by atoms with Crippen LogP contribution in [0.3, 0.4) is 0 Å². The second-order valence-electron chi connectivity index (χ2n) is 37.8. The molecule has 144 heavy (non-hydrogen) atoms. The van der Waals surface area contributed by atoms with E-state index in [2.05, 4.69) is 76.7 Å². The number of aromatic nitrogens is 16. The summed E-state index contributed by atoms with van der Waals surface area (Å²) < 4.78 is 7.99. The van der Waals surface area contributed by atoms with Crippen LogP contribution in [0.25, 0.3) is 67.1 Å². The smallest absolute Gasteiger partial charge is 0.299 e. The molecule has 8 fully saturated rings. The highest BCUT2D eigenvalue weighted by atomic mass is 16.2. The fourth-order valence-electron chi connectivity index (χ4n) is 22.4. The number of fused-ring (bicyclic) bond motifs is 8. The summed E-state index contributed by atoms with van der Waals surface area (Å²) in [5, 5.41) is 0. The fourth-order valence-corrected chi connectivity index (χ4v) is 22.4. The van der Waals surface area contributed by atoms with Crippen LogP contribution in [0.2, 0.25) is 0 Å². The first kappa shape index (κ1) is 92.7. The average Bonchev–Trinajstić information content (AvgIpc) is 1.51. The van der Waals surface area contributed by atoms with E-state index < -0.39 is 11.1 Å². The molecule has 16 heterocycles. The molecular weight excluding hydrogens is 1810 g/mol. The minimum absolute atomic E-state index is 0.00362. The van der Waals surface area contributed by atoms with Crippen LogP contribution in [0.15, 0.2) is 270 Å². The van der Waals surface area contributed by atoms with Gasteiger partial charge in [-0.2, -0.15) is 0 Å². The Morgan fingerprint density at radius 2 is 0.660 bits per heavy atom. The summed E-state index contributed by atoms with van der Waals surface area (Å²) in [6, 6.07) is 51.8. The lowest BCUT2D eigenvalue weighted by Crippen LogP contribution is -2.45. The Morgan fingerprint density at radius 3 is 0.965 bits per heavy atom. The minimum atomic E-state index is -0.478. The number of amides is 4. The first-order valence-electron chi connectivity index (χ1n) is 48.0. The summed E-state index contributed by atoms with van der Waals surface area (Å²) in [5.41, 5.74) is 38.4. The lowest BCUT2D eigenvalue weighted by molar-refractivity contribution is -0.129. The van der Waals surface area contributed by atoms with Crippen molar-refractivity contribution in [3.05, 3.63) is 338 Å². The molecule has 0 bridgehead atoms. The number of ketones is 4. The van der Waals surface area contributed by atoms with Crippen molar-refractivity contribution in [3.63, 3.8) is 0 Å². The van der Waals surface area contributed by atoms with Crippen molar-refractivity contribution in [3.8, 4) is 68.7 Å². The number of carbonyl (C=O) groups is 8. The van der Waals surface area contributed by atoms with Crippen molar-refractivity contribution in [2.45, 2.75) is 113 Å². The van der Waals surface area contributed by atoms with Gasteiger partial charge in [-0.15, -0.1) is 0 Å². The van der Waals surface area contributed by atoms with Gasteiger partial charge in [0.25, 0.3) is 11.8 Å². The van der Waals surface area contributed by atoms with Crippen LogP contribution in [0.4, 0.5) is 23.3 Å². The second kappa shape index (κ2) is 37.8. The summed E-state index contributed by atoms with van der Waals surface area (Å²) in [6.45, 7) is 14.6. The van der Waals surface area contributed by atoms with Gasteiger partial charge in [-0.05, 0) is 161 Å². The number of benzene rings is 4. The van der Waals surface area contributed by atoms with Gasteiger partial charge in [0.05, 0.1) is 36.5 Å². The van der Waals surface area contributed by atoms with E-state index in [-0.39, 0.29) is 83.3 Å². The van der Waals surface area contributed by atoms with Gasteiger partial charge in [0, 0.05) is 181 Å². The van der Waals surface area contributed by atoms with Gasteiger partial charge < -0.3 is 42.5 Å². The summed E-state index contributed by atoms with van der Waals surface area (Å²) in [5.74, 6) is 16.7. The third-order valence-corrected chi connectivity index (χ3v) is 29.9. The van der Waals surface area contributed by atoms with E-state index in [1.165, 1.54) is 12.2 Å². The van der Waals surface area contributed by atoms with Crippen molar-refractivity contribution in [1.29, 1.82) is 0 Å². The number of likely N-dealkylation sites (tertiary alicyclic amines) is 4. The number of Topliss-reactive ketones (excluding diaryl/α,β-unsaturated/α-hetero) is 4. The van der Waals surface area contributed by atoms with Crippen LogP contribution in [0, 0.1) is 47.4 Å². The van der Waals surface area contributed by atoms with Crippen molar-refractivity contribution in [2.24, 2.45) is 23.7 Å². The van der Waals surface area contributed by atoms with Gasteiger partial charge in [0.15, 0.2) is 23.1 Å². The zero-order valence-electron chi connectivity index (χ0n) is 79.2. The molecule has 12 aromatic heterocycles. The molecule has 4 aliphatic heterocycles. The highest BCUT2D eigenvalue weighted by Crippen LogP contribution is 2.64. The van der Waals surface area contributed by atoms with Crippen molar-refractivity contribution >= 4 is 92.1 Å². The van der Waals surface area contributed by atoms with E-state index in [0.29, 0.717) is 131 Å². The molecule has 8 unspecified atom stereocenters. The summed E-state index contributed by atoms with van der Waals surface area (Å²) in [7, 11) is 0.